The van der Waals surface area contributed by atoms with Gasteiger partial charge in [0.15, 0.2) is 0 Å². The van der Waals surface area contributed by atoms with Gasteiger partial charge in [0.25, 0.3) is 5.91 Å². The van der Waals surface area contributed by atoms with E-state index >= 15 is 0 Å². The zero-order chi connectivity index (χ0) is 12.8. The van der Waals surface area contributed by atoms with Crippen LogP contribution in [0.4, 0.5) is 11.4 Å². The molecule has 0 radical (unpaired) electrons. The highest BCUT2D eigenvalue weighted by molar-refractivity contribution is 7.84. The molecule has 1 rings (SSSR count). The lowest BCUT2D eigenvalue weighted by Crippen LogP contribution is -2.15. The molecule has 17 heavy (non-hydrogen) atoms. The van der Waals surface area contributed by atoms with Crippen LogP contribution in [0, 0.1) is 0 Å². The van der Waals surface area contributed by atoms with Gasteiger partial charge in [0, 0.05) is 29.4 Å². The first-order chi connectivity index (χ1) is 8.02. The van der Waals surface area contributed by atoms with Crippen LogP contribution in [0.25, 0.3) is 0 Å². The Kier molecular flexibility index (Phi) is 4.96. The predicted molar refractivity (Wildman–Crippen MR) is 71.4 cm³/mol. The molecule has 0 saturated carbocycles. The van der Waals surface area contributed by atoms with E-state index in [-0.39, 0.29) is 0 Å². The van der Waals surface area contributed by atoms with Crippen molar-refractivity contribution in [3.63, 3.8) is 0 Å². The highest BCUT2D eigenvalue weighted by Gasteiger charge is 2.08. The molecule has 1 aromatic carbocycles. The van der Waals surface area contributed by atoms with Crippen molar-refractivity contribution in [3.8, 4) is 0 Å². The summed E-state index contributed by atoms with van der Waals surface area (Å²) in [5.74, 6) is 0.100. The van der Waals surface area contributed by atoms with Gasteiger partial charge >= 0.3 is 0 Å². The molecule has 0 spiro atoms. The summed E-state index contributed by atoms with van der Waals surface area (Å²) in [4.78, 5) is 11.1. The fourth-order valence-corrected chi connectivity index (χ4v) is 1.98. The number of carbonyl (C=O) groups is 1. The number of nitrogens with two attached hydrogens (primary N) is 2. The molecule has 0 aromatic heterocycles. The Hall–Kier alpha value is -1.56. The zero-order valence-electron chi connectivity index (χ0n) is 9.73. The Labute approximate surface area is 103 Å². The van der Waals surface area contributed by atoms with E-state index in [4.69, 9.17) is 11.5 Å². The molecule has 1 atom stereocenters. The summed E-state index contributed by atoms with van der Waals surface area (Å²) in [6, 6.07) is 5.09. The summed E-state index contributed by atoms with van der Waals surface area (Å²) in [7, 11) is -0.786. The van der Waals surface area contributed by atoms with Gasteiger partial charge in [0.05, 0.1) is 16.9 Å². The first-order valence-electron chi connectivity index (χ1n) is 5.24. The van der Waals surface area contributed by atoms with E-state index in [9.17, 15) is 9.00 Å². The van der Waals surface area contributed by atoms with E-state index in [1.807, 2.05) is 0 Å². The highest BCUT2D eigenvalue weighted by atomic mass is 32.2. The van der Waals surface area contributed by atoms with Gasteiger partial charge in [0.1, 0.15) is 0 Å². The van der Waals surface area contributed by atoms with E-state index in [0.717, 1.165) is 6.42 Å². The maximum atomic E-state index is 11.1. The monoisotopic (exact) mass is 255 g/mol. The largest absolute Gasteiger partial charge is 0.396 e. The average Bonchev–Trinajstić information content (AvgIpc) is 2.25. The second-order valence-electron chi connectivity index (χ2n) is 3.69. The standard InChI is InChI=1S/C11H17N3O2S/c1-17(16)7-3-6-14-9-5-2-4-8(10(9)12)11(13)15/h2,4-5,14H,3,6-7,12H2,1H3,(H2,13,15). The Morgan fingerprint density at radius 2 is 2.18 bits per heavy atom. The third kappa shape index (κ3) is 4.07. The van der Waals surface area contributed by atoms with Gasteiger partial charge in [-0.3, -0.25) is 9.00 Å². The SMILES string of the molecule is CS(=O)CCCNc1cccc(C(N)=O)c1N. The molecule has 0 aliphatic carbocycles. The van der Waals surface area contributed by atoms with Crippen LogP contribution in [0.15, 0.2) is 18.2 Å². The molecule has 94 valence electrons. The smallest absolute Gasteiger partial charge is 0.250 e. The molecule has 0 saturated heterocycles. The number of hydrogen-bond donors (Lipinski definition) is 3. The number of anilines is 2. The number of para-hydroxylation sites is 1. The minimum Gasteiger partial charge on any atom is -0.396 e. The van der Waals surface area contributed by atoms with Crippen LogP contribution in [0.3, 0.4) is 0 Å². The van der Waals surface area contributed by atoms with Crippen LogP contribution in [-0.2, 0) is 10.8 Å². The fourth-order valence-electron chi connectivity index (χ4n) is 1.43. The van der Waals surface area contributed by atoms with Crippen molar-refractivity contribution >= 4 is 28.1 Å². The van der Waals surface area contributed by atoms with Crippen LogP contribution in [-0.4, -0.2) is 28.7 Å². The molecule has 1 unspecified atom stereocenters. The average molecular weight is 255 g/mol. The first kappa shape index (κ1) is 13.5. The molecular formula is C11H17N3O2S. The quantitative estimate of drug-likeness (QED) is 0.510. The number of benzene rings is 1. The predicted octanol–water partition coefficient (Wildman–Crippen LogP) is 0.548. The molecule has 1 aromatic rings. The van der Waals surface area contributed by atoms with Gasteiger partial charge in [-0.15, -0.1) is 0 Å². The fraction of sp³-hybridized carbons (Fsp3) is 0.364. The summed E-state index contributed by atoms with van der Waals surface area (Å²) in [6.07, 6.45) is 2.45. The Balaban J connectivity index is 2.62. The minimum atomic E-state index is -0.786. The lowest BCUT2D eigenvalue weighted by molar-refractivity contribution is 0.100. The third-order valence-electron chi connectivity index (χ3n) is 2.30. The lowest BCUT2D eigenvalue weighted by atomic mass is 10.1. The Morgan fingerprint density at radius 3 is 2.76 bits per heavy atom. The van der Waals surface area contributed by atoms with Crippen LogP contribution in [0.2, 0.25) is 0 Å². The number of nitrogen functional groups attached to an aromatic ring is 1. The third-order valence-corrected chi connectivity index (χ3v) is 3.16. The number of rotatable bonds is 6. The summed E-state index contributed by atoms with van der Waals surface area (Å²) in [5, 5.41) is 3.10. The summed E-state index contributed by atoms with van der Waals surface area (Å²) < 4.78 is 10.9. The van der Waals surface area contributed by atoms with E-state index < -0.39 is 16.7 Å². The molecular weight excluding hydrogens is 238 g/mol. The molecule has 5 N–H and O–H groups in total. The molecule has 0 aliphatic heterocycles. The van der Waals surface area contributed by atoms with Crippen LogP contribution in [0.1, 0.15) is 16.8 Å². The summed E-state index contributed by atoms with van der Waals surface area (Å²) >= 11 is 0. The first-order valence-corrected chi connectivity index (χ1v) is 6.97. The molecule has 0 fully saturated rings. The van der Waals surface area contributed by atoms with Gasteiger partial charge in [-0.05, 0) is 18.6 Å². The van der Waals surface area contributed by atoms with Crippen molar-refractivity contribution in [2.75, 3.05) is 29.6 Å². The maximum Gasteiger partial charge on any atom is 0.250 e. The summed E-state index contributed by atoms with van der Waals surface area (Å²) in [6.45, 7) is 0.659. The highest BCUT2D eigenvalue weighted by Crippen LogP contribution is 2.22. The van der Waals surface area contributed by atoms with Gasteiger partial charge in [-0.2, -0.15) is 0 Å². The molecule has 0 heterocycles. The maximum absolute atomic E-state index is 11.1. The van der Waals surface area contributed by atoms with E-state index in [0.29, 0.717) is 29.2 Å². The van der Waals surface area contributed by atoms with E-state index in [1.165, 1.54) is 0 Å². The van der Waals surface area contributed by atoms with Crippen LogP contribution < -0.4 is 16.8 Å². The van der Waals surface area contributed by atoms with Crippen molar-refractivity contribution in [1.82, 2.24) is 0 Å². The second kappa shape index (κ2) is 6.24. The Bertz CT molecular complexity index is 435. The normalized spacial score (nSPS) is 12.1. The van der Waals surface area contributed by atoms with Gasteiger partial charge in [0.2, 0.25) is 0 Å². The van der Waals surface area contributed by atoms with E-state index in [2.05, 4.69) is 5.32 Å². The lowest BCUT2D eigenvalue weighted by Gasteiger charge is -2.10. The summed E-state index contributed by atoms with van der Waals surface area (Å²) in [5.41, 5.74) is 12.4. The molecule has 0 bridgehead atoms. The number of hydrogen-bond acceptors (Lipinski definition) is 4. The molecule has 1 amide bonds. The van der Waals surface area contributed by atoms with Crippen molar-refractivity contribution in [2.24, 2.45) is 5.73 Å². The molecule has 0 aliphatic rings. The van der Waals surface area contributed by atoms with Crippen molar-refractivity contribution < 1.29 is 9.00 Å². The number of amides is 1. The van der Waals surface area contributed by atoms with Gasteiger partial charge in [-0.25, -0.2) is 0 Å². The number of nitrogens with one attached hydrogen (secondary N) is 1. The van der Waals surface area contributed by atoms with Crippen LogP contribution in [0.5, 0.6) is 0 Å². The molecule has 6 heteroatoms. The zero-order valence-corrected chi connectivity index (χ0v) is 10.5. The topological polar surface area (TPSA) is 98.2 Å². The Morgan fingerprint density at radius 1 is 1.47 bits per heavy atom. The van der Waals surface area contributed by atoms with Crippen LogP contribution >= 0.6 is 0 Å². The number of carbonyl (C=O) groups excluding carboxylic acids is 1. The van der Waals surface area contributed by atoms with Crippen molar-refractivity contribution in [2.45, 2.75) is 6.42 Å². The molecule has 5 nitrogen and oxygen atoms in total. The van der Waals surface area contributed by atoms with Gasteiger partial charge in [-0.1, -0.05) is 6.07 Å². The van der Waals surface area contributed by atoms with E-state index in [1.54, 1.807) is 24.5 Å². The second-order valence-corrected chi connectivity index (χ2v) is 5.24. The van der Waals surface area contributed by atoms with Crippen molar-refractivity contribution in [1.29, 1.82) is 0 Å². The van der Waals surface area contributed by atoms with Gasteiger partial charge < -0.3 is 16.8 Å². The van der Waals surface area contributed by atoms with Crippen molar-refractivity contribution in [3.05, 3.63) is 23.8 Å². The number of primary amides is 1. The minimum absolute atomic E-state index is 0.314.